The van der Waals surface area contributed by atoms with Crippen molar-refractivity contribution < 1.29 is 8.83 Å². The highest BCUT2D eigenvalue weighted by Gasteiger charge is 2.52. The lowest BCUT2D eigenvalue weighted by molar-refractivity contribution is 0.665. The summed E-state index contributed by atoms with van der Waals surface area (Å²) >= 11 is 0. The lowest BCUT2D eigenvalue weighted by Gasteiger charge is -2.30. The number of anilines is 3. The van der Waals surface area contributed by atoms with Gasteiger partial charge in [-0.3, -0.25) is 0 Å². The second-order valence-electron chi connectivity index (χ2n) is 18.2. The Bertz CT molecular complexity index is 4160. The van der Waals surface area contributed by atoms with Crippen LogP contribution in [0.1, 0.15) is 22.3 Å². The lowest BCUT2D eigenvalue weighted by Crippen LogP contribution is -2.25. The van der Waals surface area contributed by atoms with Gasteiger partial charge in [0.15, 0.2) is 5.58 Å². The van der Waals surface area contributed by atoms with Crippen molar-refractivity contribution in [3.8, 4) is 44.5 Å². The van der Waals surface area contributed by atoms with Crippen LogP contribution >= 0.6 is 0 Å². The predicted molar refractivity (Wildman–Crippen MR) is 280 cm³/mol. The Labute approximate surface area is 392 Å². The van der Waals surface area contributed by atoms with Crippen molar-refractivity contribution in [3.05, 3.63) is 259 Å². The summed E-state index contributed by atoms with van der Waals surface area (Å²) in [4.78, 5) is 2.37. The van der Waals surface area contributed by atoms with E-state index in [1.165, 1.54) is 55.5 Å². The maximum absolute atomic E-state index is 7.62. The molecule has 0 bridgehead atoms. The van der Waals surface area contributed by atoms with E-state index in [-0.39, 0.29) is 0 Å². The summed E-state index contributed by atoms with van der Waals surface area (Å²) in [5.74, 6) is 0. The molecule has 13 aromatic rings. The average Bonchev–Trinajstić information content (AvgIpc) is 4.14. The van der Waals surface area contributed by atoms with Crippen LogP contribution < -0.4 is 4.90 Å². The van der Waals surface area contributed by atoms with E-state index >= 15 is 0 Å². The molecule has 2 aliphatic carbocycles. The van der Waals surface area contributed by atoms with Gasteiger partial charge in [0.1, 0.15) is 16.7 Å². The van der Waals surface area contributed by atoms with E-state index in [9.17, 15) is 0 Å². The molecule has 0 amide bonds. The molecule has 0 unspecified atom stereocenters. The monoisotopic (exact) mass is 865 g/mol. The van der Waals surface area contributed by atoms with Crippen molar-refractivity contribution in [1.82, 2.24) is 0 Å². The molecule has 3 heteroatoms. The smallest absolute Gasteiger partial charge is 0.159 e. The average molecular weight is 866 g/mol. The normalized spacial score (nSPS) is 13.1. The van der Waals surface area contributed by atoms with E-state index in [0.29, 0.717) is 0 Å². The van der Waals surface area contributed by atoms with Crippen LogP contribution in [0.3, 0.4) is 0 Å². The molecule has 0 fully saturated rings. The second kappa shape index (κ2) is 14.0. The van der Waals surface area contributed by atoms with E-state index in [1.54, 1.807) is 0 Å². The molecule has 15 rings (SSSR count). The zero-order chi connectivity index (χ0) is 44.5. The fourth-order valence-electron chi connectivity index (χ4n) is 12.2. The largest absolute Gasteiger partial charge is 0.456 e. The highest BCUT2D eigenvalue weighted by Crippen LogP contribution is 2.64. The van der Waals surface area contributed by atoms with Gasteiger partial charge in [0, 0.05) is 38.2 Å². The minimum atomic E-state index is -0.489. The van der Waals surface area contributed by atoms with E-state index in [1.807, 2.05) is 0 Å². The van der Waals surface area contributed by atoms with Gasteiger partial charge in [0.25, 0.3) is 0 Å². The standard InChI is InChI=1S/C65H39NO2/c1-2-17-40(18-3-1)41-35-37-43(38-36-41)66(56-32-14-20-42-19-4-5-21-44(42)56)57-33-16-26-47-51-39-59-61(49-25-9-13-34-58(49)67-59)62(64(51)68-63(47)57)50-27-15-31-55-60(50)48-24-8-12-30-54(48)65(55)52-28-10-6-22-45(52)46-23-7-11-29-53(46)65/h1-39H. The third kappa shape index (κ3) is 4.97. The fraction of sp³-hybridized carbons (Fsp3) is 0.0154. The van der Waals surface area contributed by atoms with Crippen LogP contribution in [0.4, 0.5) is 17.1 Å². The van der Waals surface area contributed by atoms with E-state index < -0.39 is 5.41 Å². The number of nitrogens with zero attached hydrogens (tertiary/aromatic N) is 1. The molecule has 11 aromatic carbocycles. The van der Waals surface area contributed by atoms with Crippen LogP contribution in [0.25, 0.3) is 99.2 Å². The van der Waals surface area contributed by atoms with E-state index in [4.69, 9.17) is 8.83 Å². The number of para-hydroxylation sites is 2. The zero-order valence-corrected chi connectivity index (χ0v) is 36.8. The highest BCUT2D eigenvalue weighted by atomic mass is 16.3. The topological polar surface area (TPSA) is 29.5 Å². The number of fused-ring (bicyclic) bond motifs is 17. The van der Waals surface area contributed by atoms with Crippen molar-refractivity contribution in [2.45, 2.75) is 5.41 Å². The van der Waals surface area contributed by atoms with Crippen LogP contribution in [-0.2, 0) is 5.41 Å². The SMILES string of the molecule is c1ccc(-c2ccc(N(c3cccc4ccccc34)c3cccc4c3oc3c(-c5cccc6c5-c5ccccc5C65c6ccccc6-c6ccccc65)c5c(cc34)oc3ccccc35)cc2)cc1. The molecule has 0 saturated carbocycles. The van der Waals surface area contributed by atoms with Gasteiger partial charge in [-0.15, -0.1) is 0 Å². The molecule has 0 saturated heterocycles. The number of benzene rings is 11. The molecular formula is C65H39NO2. The van der Waals surface area contributed by atoms with Crippen molar-refractivity contribution in [3.63, 3.8) is 0 Å². The van der Waals surface area contributed by atoms with Crippen LogP contribution in [0, 0.1) is 0 Å². The van der Waals surface area contributed by atoms with Gasteiger partial charge in [-0.05, 0) is 103 Å². The van der Waals surface area contributed by atoms with Crippen LogP contribution in [0.5, 0.6) is 0 Å². The molecule has 0 radical (unpaired) electrons. The summed E-state index contributed by atoms with van der Waals surface area (Å²) in [6.45, 7) is 0. The Balaban J connectivity index is 1.04. The van der Waals surface area contributed by atoms with Crippen molar-refractivity contribution in [2.24, 2.45) is 0 Å². The van der Waals surface area contributed by atoms with Gasteiger partial charge in [-0.1, -0.05) is 200 Å². The third-order valence-electron chi connectivity index (χ3n) is 14.9. The molecule has 316 valence electrons. The molecule has 68 heavy (non-hydrogen) atoms. The van der Waals surface area contributed by atoms with E-state index in [2.05, 4.69) is 241 Å². The first kappa shape index (κ1) is 37.3. The van der Waals surface area contributed by atoms with E-state index in [0.717, 1.165) is 83.0 Å². The Morgan fingerprint density at radius 3 is 1.68 bits per heavy atom. The summed E-state index contributed by atoms with van der Waals surface area (Å²) in [6.07, 6.45) is 0. The summed E-state index contributed by atoms with van der Waals surface area (Å²) in [7, 11) is 0. The van der Waals surface area contributed by atoms with Crippen LogP contribution in [0.2, 0.25) is 0 Å². The van der Waals surface area contributed by atoms with Gasteiger partial charge in [0.2, 0.25) is 0 Å². The lowest BCUT2D eigenvalue weighted by atomic mass is 9.70. The van der Waals surface area contributed by atoms with Gasteiger partial charge < -0.3 is 13.7 Å². The van der Waals surface area contributed by atoms with Crippen LogP contribution in [-0.4, -0.2) is 0 Å². The first-order chi connectivity index (χ1) is 33.8. The van der Waals surface area contributed by atoms with Gasteiger partial charge >= 0.3 is 0 Å². The number of furan rings is 2. The molecular weight excluding hydrogens is 827 g/mol. The third-order valence-corrected chi connectivity index (χ3v) is 14.9. The molecule has 3 nitrogen and oxygen atoms in total. The molecule has 0 aliphatic heterocycles. The molecule has 1 spiro atoms. The first-order valence-electron chi connectivity index (χ1n) is 23.4. The van der Waals surface area contributed by atoms with Crippen molar-refractivity contribution >= 4 is 71.7 Å². The van der Waals surface area contributed by atoms with Gasteiger partial charge in [-0.2, -0.15) is 0 Å². The Morgan fingerprint density at radius 1 is 0.324 bits per heavy atom. The number of rotatable bonds is 5. The Morgan fingerprint density at radius 2 is 0.882 bits per heavy atom. The van der Waals surface area contributed by atoms with Gasteiger partial charge in [0.05, 0.1) is 16.8 Å². The maximum Gasteiger partial charge on any atom is 0.159 e. The highest BCUT2D eigenvalue weighted by molar-refractivity contribution is 6.26. The second-order valence-corrected chi connectivity index (χ2v) is 18.2. The first-order valence-corrected chi connectivity index (χ1v) is 23.4. The summed E-state index contributed by atoms with van der Waals surface area (Å²) in [5, 5.41) is 6.47. The Hall–Kier alpha value is -8.92. The fourth-order valence-corrected chi connectivity index (χ4v) is 12.2. The number of hydrogen-bond donors (Lipinski definition) is 0. The number of hydrogen-bond acceptors (Lipinski definition) is 3. The molecule has 2 aliphatic rings. The minimum absolute atomic E-state index is 0.489. The quantitative estimate of drug-likeness (QED) is 0.173. The zero-order valence-electron chi connectivity index (χ0n) is 36.8. The van der Waals surface area contributed by atoms with Crippen LogP contribution in [0.15, 0.2) is 245 Å². The minimum Gasteiger partial charge on any atom is -0.456 e. The molecule has 2 heterocycles. The maximum atomic E-state index is 7.62. The van der Waals surface area contributed by atoms with Crippen molar-refractivity contribution in [1.29, 1.82) is 0 Å². The van der Waals surface area contributed by atoms with Gasteiger partial charge in [-0.25, -0.2) is 0 Å². The predicted octanol–water partition coefficient (Wildman–Crippen LogP) is 17.8. The summed E-state index contributed by atoms with van der Waals surface area (Å²) < 4.78 is 14.5. The molecule has 0 N–H and O–H groups in total. The summed E-state index contributed by atoms with van der Waals surface area (Å²) in [5.41, 5.74) is 20.7. The summed E-state index contributed by atoms with van der Waals surface area (Å²) in [6, 6.07) is 85.9. The molecule has 0 atom stereocenters. The van der Waals surface area contributed by atoms with Crippen molar-refractivity contribution in [2.75, 3.05) is 4.90 Å². The Kier molecular flexibility index (Phi) is 7.71. The molecule has 2 aromatic heterocycles.